The first kappa shape index (κ1) is 17.4. The lowest BCUT2D eigenvalue weighted by Gasteiger charge is -1.97. The van der Waals surface area contributed by atoms with Gasteiger partial charge in [0.25, 0.3) is 5.91 Å². The smallest absolute Gasteiger partial charge is 0.272 e. The number of aromatic amines is 1. The Kier molecular flexibility index (Phi) is 5.39. The standard InChI is InChI=1S/C21H20N4O/c1-15-8-10-18(11-9-15)19-13-20(24-23-19)21(26)25-22-14-16(2)12-17-6-4-3-5-7-17/h3-14H,1-2H3,(H,23,24)(H,25,26). The van der Waals surface area contributed by atoms with Crippen LogP contribution in [0.3, 0.4) is 0 Å². The van der Waals surface area contributed by atoms with E-state index in [-0.39, 0.29) is 5.91 Å². The molecular formula is C21H20N4O. The Hall–Kier alpha value is -3.47. The van der Waals surface area contributed by atoms with E-state index < -0.39 is 0 Å². The van der Waals surface area contributed by atoms with Crippen LogP contribution in [0.1, 0.15) is 28.5 Å². The van der Waals surface area contributed by atoms with Crippen molar-refractivity contribution in [2.75, 3.05) is 0 Å². The van der Waals surface area contributed by atoms with Crippen molar-refractivity contribution in [3.05, 3.63) is 83.1 Å². The normalized spacial score (nSPS) is 11.7. The topological polar surface area (TPSA) is 70.1 Å². The zero-order valence-electron chi connectivity index (χ0n) is 14.7. The monoisotopic (exact) mass is 344 g/mol. The maximum atomic E-state index is 12.2. The second-order valence-corrected chi connectivity index (χ2v) is 6.03. The van der Waals surface area contributed by atoms with Crippen LogP contribution in [0, 0.1) is 6.92 Å². The van der Waals surface area contributed by atoms with Crippen molar-refractivity contribution < 1.29 is 4.79 Å². The molecule has 1 aromatic heterocycles. The van der Waals surface area contributed by atoms with Crippen LogP contribution in [0.2, 0.25) is 0 Å². The van der Waals surface area contributed by atoms with Gasteiger partial charge in [0.2, 0.25) is 0 Å². The highest BCUT2D eigenvalue weighted by molar-refractivity contribution is 5.94. The third-order valence-corrected chi connectivity index (χ3v) is 3.80. The molecule has 0 aliphatic rings. The third kappa shape index (κ3) is 4.54. The summed E-state index contributed by atoms with van der Waals surface area (Å²) in [6.45, 7) is 3.95. The number of amides is 1. The van der Waals surface area contributed by atoms with Gasteiger partial charge >= 0.3 is 0 Å². The lowest BCUT2D eigenvalue weighted by Crippen LogP contribution is -2.17. The summed E-state index contributed by atoms with van der Waals surface area (Å²) >= 11 is 0. The first-order valence-electron chi connectivity index (χ1n) is 8.31. The fourth-order valence-corrected chi connectivity index (χ4v) is 2.41. The van der Waals surface area contributed by atoms with Crippen LogP contribution in [0.15, 0.2) is 71.3 Å². The fraction of sp³-hybridized carbons (Fsp3) is 0.0952. The number of hydrazone groups is 1. The van der Waals surface area contributed by atoms with Crippen LogP contribution in [-0.4, -0.2) is 22.3 Å². The van der Waals surface area contributed by atoms with Gasteiger partial charge in [-0.25, -0.2) is 5.43 Å². The summed E-state index contributed by atoms with van der Waals surface area (Å²) in [5, 5.41) is 10.9. The van der Waals surface area contributed by atoms with Crippen LogP contribution < -0.4 is 5.43 Å². The summed E-state index contributed by atoms with van der Waals surface area (Å²) in [6.07, 6.45) is 3.60. The molecular weight excluding hydrogens is 324 g/mol. The van der Waals surface area contributed by atoms with Crippen molar-refractivity contribution in [3.63, 3.8) is 0 Å². The minimum atomic E-state index is -0.334. The van der Waals surface area contributed by atoms with Gasteiger partial charge in [0.05, 0.1) is 11.9 Å². The average molecular weight is 344 g/mol. The summed E-state index contributed by atoms with van der Waals surface area (Å²) < 4.78 is 0. The van der Waals surface area contributed by atoms with Crippen molar-refractivity contribution in [3.8, 4) is 11.3 Å². The fourth-order valence-electron chi connectivity index (χ4n) is 2.41. The van der Waals surface area contributed by atoms with Crippen molar-refractivity contribution >= 4 is 18.2 Å². The molecule has 1 heterocycles. The summed E-state index contributed by atoms with van der Waals surface area (Å²) in [5.74, 6) is -0.334. The molecule has 3 rings (SSSR count). The summed E-state index contributed by atoms with van der Waals surface area (Å²) in [7, 11) is 0. The Bertz CT molecular complexity index is 938. The number of H-pyrrole nitrogens is 1. The van der Waals surface area contributed by atoms with Crippen molar-refractivity contribution in [1.29, 1.82) is 0 Å². The first-order valence-corrected chi connectivity index (χ1v) is 8.31. The van der Waals surface area contributed by atoms with E-state index in [9.17, 15) is 4.79 Å². The lowest BCUT2D eigenvalue weighted by molar-refractivity contribution is 0.0950. The molecule has 0 bridgehead atoms. The number of carbonyl (C=O) groups is 1. The number of allylic oxidation sites excluding steroid dienone is 1. The molecule has 0 unspecified atom stereocenters. The van der Waals surface area contributed by atoms with Gasteiger partial charge in [-0.05, 0) is 31.1 Å². The Balaban J connectivity index is 1.62. The van der Waals surface area contributed by atoms with Gasteiger partial charge in [-0.1, -0.05) is 66.2 Å². The molecule has 130 valence electrons. The number of hydrogen-bond acceptors (Lipinski definition) is 3. The number of aryl methyl sites for hydroxylation is 1. The molecule has 5 heteroatoms. The number of rotatable bonds is 5. The molecule has 0 aliphatic carbocycles. The van der Waals surface area contributed by atoms with Gasteiger partial charge in [0.15, 0.2) is 0 Å². The minimum absolute atomic E-state index is 0.334. The number of aromatic nitrogens is 2. The second kappa shape index (κ2) is 8.07. The summed E-state index contributed by atoms with van der Waals surface area (Å²) in [4.78, 5) is 12.2. The van der Waals surface area contributed by atoms with Crippen LogP contribution in [0.5, 0.6) is 0 Å². The van der Waals surface area contributed by atoms with E-state index in [1.165, 1.54) is 5.56 Å². The number of hydrogen-bond donors (Lipinski definition) is 2. The van der Waals surface area contributed by atoms with E-state index in [1.807, 2.05) is 74.5 Å². The molecule has 26 heavy (non-hydrogen) atoms. The Labute approximate surface area is 152 Å². The van der Waals surface area contributed by atoms with E-state index in [0.717, 1.165) is 22.4 Å². The van der Waals surface area contributed by atoms with Crippen molar-refractivity contribution in [2.45, 2.75) is 13.8 Å². The second-order valence-electron chi connectivity index (χ2n) is 6.03. The van der Waals surface area contributed by atoms with E-state index in [2.05, 4.69) is 20.7 Å². The maximum Gasteiger partial charge on any atom is 0.289 e. The number of nitrogens with one attached hydrogen (secondary N) is 2. The van der Waals surface area contributed by atoms with E-state index in [4.69, 9.17) is 0 Å². The molecule has 3 aromatic rings. The predicted octanol–water partition coefficient (Wildman–Crippen LogP) is 4.20. The molecule has 2 aromatic carbocycles. The Morgan fingerprint density at radius 1 is 1.12 bits per heavy atom. The van der Waals surface area contributed by atoms with E-state index in [0.29, 0.717) is 5.69 Å². The third-order valence-electron chi connectivity index (χ3n) is 3.80. The van der Waals surface area contributed by atoms with Crippen molar-refractivity contribution in [1.82, 2.24) is 15.6 Å². The highest BCUT2D eigenvalue weighted by Gasteiger charge is 2.10. The zero-order valence-corrected chi connectivity index (χ0v) is 14.7. The number of carbonyl (C=O) groups excluding carboxylic acids is 1. The Morgan fingerprint density at radius 3 is 2.58 bits per heavy atom. The highest BCUT2D eigenvalue weighted by Crippen LogP contribution is 2.18. The van der Waals surface area contributed by atoms with Crippen LogP contribution >= 0.6 is 0 Å². The minimum Gasteiger partial charge on any atom is -0.272 e. The van der Waals surface area contributed by atoms with Crippen LogP contribution in [-0.2, 0) is 0 Å². The van der Waals surface area contributed by atoms with Gasteiger partial charge in [-0.3, -0.25) is 9.89 Å². The molecule has 0 radical (unpaired) electrons. The molecule has 2 N–H and O–H groups in total. The number of benzene rings is 2. The van der Waals surface area contributed by atoms with Gasteiger partial charge in [-0.15, -0.1) is 0 Å². The molecule has 0 saturated carbocycles. The predicted molar refractivity (Wildman–Crippen MR) is 105 cm³/mol. The average Bonchev–Trinajstić information content (AvgIpc) is 3.13. The molecule has 0 aliphatic heterocycles. The van der Waals surface area contributed by atoms with Gasteiger partial charge in [0, 0.05) is 5.56 Å². The zero-order chi connectivity index (χ0) is 18.4. The summed E-state index contributed by atoms with van der Waals surface area (Å²) in [5.41, 5.74) is 7.74. The number of nitrogens with zero attached hydrogens (tertiary/aromatic N) is 2. The Morgan fingerprint density at radius 2 is 1.85 bits per heavy atom. The molecule has 0 atom stereocenters. The van der Waals surface area contributed by atoms with Gasteiger partial charge < -0.3 is 0 Å². The van der Waals surface area contributed by atoms with Gasteiger partial charge in [-0.2, -0.15) is 10.2 Å². The molecule has 0 saturated heterocycles. The summed E-state index contributed by atoms with van der Waals surface area (Å²) in [6, 6.07) is 19.6. The van der Waals surface area contributed by atoms with Crippen LogP contribution in [0.4, 0.5) is 0 Å². The SMILES string of the molecule is CC(C=NNC(=O)c1cc(-c2ccc(C)cc2)n[nH]1)=Cc1ccccc1. The molecule has 0 spiro atoms. The maximum absolute atomic E-state index is 12.2. The van der Waals surface area contributed by atoms with Gasteiger partial charge in [0.1, 0.15) is 5.69 Å². The quantitative estimate of drug-likeness (QED) is 0.538. The molecule has 0 fully saturated rings. The van der Waals surface area contributed by atoms with Crippen LogP contribution in [0.25, 0.3) is 17.3 Å². The van der Waals surface area contributed by atoms with E-state index >= 15 is 0 Å². The van der Waals surface area contributed by atoms with Crippen molar-refractivity contribution in [2.24, 2.45) is 5.10 Å². The highest BCUT2D eigenvalue weighted by atomic mass is 16.2. The molecule has 1 amide bonds. The van der Waals surface area contributed by atoms with E-state index in [1.54, 1.807) is 12.3 Å². The lowest BCUT2D eigenvalue weighted by atomic mass is 10.1. The first-order chi connectivity index (χ1) is 12.6. The largest absolute Gasteiger partial charge is 0.289 e. The molecule has 5 nitrogen and oxygen atoms in total.